The number of hydrogen-bond acceptors (Lipinski definition) is 6. The second-order valence-corrected chi connectivity index (χ2v) is 6.85. The third-order valence-corrected chi connectivity index (χ3v) is 4.32. The van der Waals surface area contributed by atoms with Gasteiger partial charge in [0.1, 0.15) is 18.4 Å². The lowest BCUT2D eigenvalue weighted by molar-refractivity contribution is -0.139. The largest absolute Gasteiger partial charge is 0.497 e. The summed E-state index contributed by atoms with van der Waals surface area (Å²) in [4.78, 5) is 26.6. The van der Waals surface area contributed by atoms with E-state index in [1.54, 1.807) is 37.6 Å². The Labute approximate surface area is 163 Å². The van der Waals surface area contributed by atoms with Crippen molar-refractivity contribution in [2.75, 3.05) is 37.9 Å². The van der Waals surface area contributed by atoms with Crippen LogP contribution in [0.3, 0.4) is 0 Å². The topological polar surface area (TPSA) is 97.7 Å². The number of anilines is 2. The fraction of sp³-hybridized carbons (Fsp3) is 0.421. The van der Waals surface area contributed by atoms with Gasteiger partial charge in [-0.3, -0.25) is 14.3 Å². The lowest BCUT2D eigenvalue weighted by Gasteiger charge is -2.33. The molecule has 9 nitrogen and oxygen atoms in total. The molecule has 2 amide bonds. The number of hydrogen-bond donors (Lipinski definition) is 2. The Balaban J connectivity index is 1.51. The molecule has 1 aliphatic rings. The Morgan fingerprint density at radius 1 is 1.21 bits per heavy atom. The average molecular weight is 387 g/mol. The molecule has 0 radical (unpaired) electrons. The summed E-state index contributed by atoms with van der Waals surface area (Å²) in [6, 6.07) is 7.05. The molecule has 0 aliphatic carbocycles. The van der Waals surface area contributed by atoms with Gasteiger partial charge in [0.25, 0.3) is 5.91 Å². The van der Waals surface area contributed by atoms with E-state index in [9.17, 15) is 9.59 Å². The van der Waals surface area contributed by atoms with Crippen LogP contribution in [-0.4, -0.2) is 65.9 Å². The van der Waals surface area contributed by atoms with Crippen molar-refractivity contribution in [2.24, 2.45) is 0 Å². The normalized spacial score (nSPS) is 19.8. The molecule has 1 aromatic heterocycles. The van der Waals surface area contributed by atoms with Crippen molar-refractivity contribution >= 4 is 23.2 Å². The van der Waals surface area contributed by atoms with Crippen LogP contribution in [0.5, 0.6) is 5.75 Å². The standard InChI is InChI=1S/C19H25N5O4/c1-13-9-23(2)11-17(28-13)19(26)22-15-8-20-24(10-15)12-18(25)21-14-4-6-16(27-3)7-5-14/h4-8,10,13,17H,9,11-12H2,1-3H3,(H,21,25)(H,22,26)/t13-,17-/m0/s1. The third-order valence-electron chi connectivity index (χ3n) is 4.32. The quantitative estimate of drug-likeness (QED) is 0.773. The number of likely N-dealkylation sites (N-methyl/N-ethyl adjacent to an activating group) is 1. The van der Waals surface area contributed by atoms with E-state index in [2.05, 4.69) is 20.6 Å². The summed E-state index contributed by atoms with van der Waals surface area (Å²) in [6.45, 7) is 3.30. The van der Waals surface area contributed by atoms with E-state index >= 15 is 0 Å². The van der Waals surface area contributed by atoms with Crippen molar-refractivity contribution in [1.82, 2.24) is 14.7 Å². The maximum atomic E-state index is 12.4. The minimum absolute atomic E-state index is 0.00104. The Kier molecular flexibility index (Phi) is 6.27. The van der Waals surface area contributed by atoms with Gasteiger partial charge in [-0.15, -0.1) is 0 Å². The predicted molar refractivity (Wildman–Crippen MR) is 104 cm³/mol. The van der Waals surface area contributed by atoms with Crippen LogP contribution < -0.4 is 15.4 Å². The van der Waals surface area contributed by atoms with Crippen molar-refractivity contribution in [3.05, 3.63) is 36.7 Å². The summed E-state index contributed by atoms with van der Waals surface area (Å²) >= 11 is 0. The Morgan fingerprint density at radius 3 is 2.64 bits per heavy atom. The van der Waals surface area contributed by atoms with Crippen LogP contribution in [0.25, 0.3) is 0 Å². The minimum Gasteiger partial charge on any atom is -0.497 e. The molecule has 2 atom stereocenters. The van der Waals surface area contributed by atoms with Gasteiger partial charge < -0.3 is 25.0 Å². The van der Waals surface area contributed by atoms with E-state index < -0.39 is 6.10 Å². The van der Waals surface area contributed by atoms with Gasteiger partial charge in [-0.1, -0.05) is 0 Å². The summed E-state index contributed by atoms with van der Waals surface area (Å²) < 4.78 is 12.2. The summed E-state index contributed by atoms with van der Waals surface area (Å²) in [5.74, 6) is 0.269. The van der Waals surface area contributed by atoms with E-state index in [-0.39, 0.29) is 24.5 Å². The van der Waals surface area contributed by atoms with E-state index in [0.29, 0.717) is 23.7 Å². The highest BCUT2D eigenvalue weighted by Crippen LogP contribution is 2.15. The van der Waals surface area contributed by atoms with Crippen molar-refractivity contribution in [2.45, 2.75) is 25.7 Å². The van der Waals surface area contributed by atoms with Gasteiger partial charge >= 0.3 is 0 Å². The Bertz CT molecular complexity index is 810. The summed E-state index contributed by atoms with van der Waals surface area (Å²) in [6.07, 6.45) is 2.59. The molecular formula is C19H25N5O4. The molecule has 0 unspecified atom stereocenters. The number of morpholine rings is 1. The number of amides is 2. The van der Waals surface area contributed by atoms with Crippen LogP contribution in [0.15, 0.2) is 36.7 Å². The molecule has 0 spiro atoms. The van der Waals surface area contributed by atoms with Crippen molar-refractivity contribution in [3.8, 4) is 5.75 Å². The third kappa shape index (κ3) is 5.30. The second kappa shape index (κ2) is 8.85. The predicted octanol–water partition coefficient (Wildman–Crippen LogP) is 1.19. The zero-order chi connectivity index (χ0) is 20.1. The number of carbonyl (C=O) groups excluding carboxylic acids is 2. The molecule has 2 heterocycles. The number of methoxy groups -OCH3 is 1. The molecule has 3 rings (SSSR count). The number of carbonyl (C=O) groups is 2. The molecule has 1 saturated heterocycles. The van der Waals surface area contributed by atoms with E-state index in [4.69, 9.17) is 9.47 Å². The number of ether oxygens (including phenoxy) is 2. The first-order valence-corrected chi connectivity index (χ1v) is 9.04. The molecule has 9 heteroatoms. The number of nitrogens with zero attached hydrogens (tertiary/aromatic N) is 3. The molecule has 150 valence electrons. The SMILES string of the molecule is COc1ccc(NC(=O)Cn2cc(NC(=O)[C@@H]3CN(C)C[C@H](C)O3)cn2)cc1. The highest BCUT2D eigenvalue weighted by atomic mass is 16.5. The van der Waals surface area contributed by atoms with Gasteiger partial charge in [0, 0.05) is 25.0 Å². The van der Waals surface area contributed by atoms with Crippen LogP contribution in [0, 0.1) is 0 Å². The maximum absolute atomic E-state index is 12.4. The van der Waals surface area contributed by atoms with Crippen molar-refractivity contribution in [1.29, 1.82) is 0 Å². The molecule has 1 fully saturated rings. The molecule has 2 N–H and O–H groups in total. The monoisotopic (exact) mass is 387 g/mol. The molecule has 1 aromatic carbocycles. The fourth-order valence-corrected chi connectivity index (χ4v) is 3.07. The van der Waals surface area contributed by atoms with Gasteiger partial charge in [-0.2, -0.15) is 5.10 Å². The van der Waals surface area contributed by atoms with Crippen LogP contribution >= 0.6 is 0 Å². The minimum atomic E-state index is -0.532. The highest BCUT2D eigenvalue weighted by Gasteiger charge is 2.28. The average Bonchev–Trinajstić information content (AvgIpc) is 3.08. The Hall–Kier alpha value is -2.91. The van der Waals surface area contributed by atoms with Gasteiger partial charge in [0.15, 0.2) is 0 Å². The number of nitrogens with one attached hydrogen (secondary N) is 2. The zero-order valence-corrected chi connectivity index (χ0v) is 16.2. The fourth-order valence-electron chi connectivity index (χ4n) is 3.07. The van der Waals surface area contributed by atoms with E-state index in [1.807, 2.05) is 14.0 Å². The number of aromatic nitrogens is 2. The van der Waals surface area contributed by atoms with Crippen LogP contribution in [0.2, 0.25) is 0 Å². The van der Waals surface area contributed by atoms with Crippen molar-refractivity contribution in [3.63, 3.8) is 0 Å². The molecular weight excluding hydrogens is 362 g/mol. The Morgan fingerprint density at radius 2 is 1.96 bits per heavy atom. The van der Waals surface area contributed by atoms with Gasteiger partial charge in [-0.25, -0.2) is 0 Å². The smallest absolute Gasteiger partial charge is 0.254 e. The van der Waals surface area contributed by atoms with Crippen LogP contribution in [0.4, 0.5) is 11.4 Å². The summed E-state index contributed by atoms with van der Waals surface area (Å²) in [5, 5.41) is 9.70. The zero-order valence-electron chi connectivity index (χ0n) is 16.2. The summed E-state index contributed by atoms with van der Waals surface area (Å²) in [7, 11) is 3.54. The highest BCUT2D eigenvalue weighted by molar-refractivity contribution is 5.94. The van der Waals surface area contributed by atoms with Crippen molar-refractivity contribution < 1.29 is 19.1 Å². The van der Waals surface area contributed by atoms with E-state index in [1.165, 1.54) is 10.9 Å². The lowest BCUT2D eigenvalue weighted by Crippen LogP contribution is -2.49. The molecule has 0 bridgehead atoms. The molecule has 1 aliphatic heterocycles. The van der Waals surface area contributed by atoms with Crippen LogP contribution in [-0.2, 0) is 20.9 Å². The number of rotatable bonds is 6. The first kappa shape index (κ1) is 19.8. The van der Waals surface area contributed by atoms with Gasteiger partial charge in [-0.05, 0) is 38.2 Å². The van der Waals surface area contributed by atoms with E-state index in [0.717, 1.165) is 6.54 Å². The maximum Gasteiger partial charge on any atom is 0.254 e. The molecule has 28 heavy (non-hydrogen) atoms. The van der Waals surface area contributed by atoms with Crippen LogP contribution in [0.1, 0.15) is 6.92 Å². The lowest BCUT2D eigenvalue weighted by atomic mass is 10.2. The first-order chi connectivity index (χ1) is 13.4. The van der Waals surface area contributed by atoms with Gasteiger partial charge in [0.2, 0.25) is 5.91 Å². The molecule has 0 saturated carbocycles. The van der Waals surface area contributed by atoms with Gasteiger partial charge in [0.05, 0.1) is 25.1 Å². The second-order valence-electron chi connectivity index (χ2n) is 6.85. The number of benzene rings is 1. The molecule has 2 aromatic rings. The summed E-state index contributed by atoms with van der Waals surface area (Å²) in [5.41, 5.74) is 1.19. The first-order valence-electron chi connectivity index (χ1n) is 9.04.